The van der Waals surface area contributed by atoms with Gasteiger partial charge < -0.3 is 5.32 Å². The summed E-state index contributed by atoms with van der Waals surface area (Å²) in [5.74, 6) is -1.03. The van der Waals surface area contributed by atoms with E-state index in [0.717, 1.165) is 44.8 Å². The van der Waals surface area contributed by atoms with Crippen molar-refractivity contribution in [3.8, 4) is 0 Å². The van der Waals surface area contributed by atoms with Crippen LogP contribution in [-0.4, -0.2) is 49.4 Å². The van der Waals surface area contributed by atoms with Gasteiger partial charge in [-0.2, -0.15) is 0 Å². The van der Waals surface area contributed by atoms with Crippen LogP contribution in [0.15, 0.2) is 18.2 Å². The van der Waals surface area contributed by atoms with Crippen LogP contribution in [-0.2, 0) is 21.2 Å². The Morgan fingerprint density at radius 1 is 1.21 bits per heavy atom. The van der Waals surface area contributed by atoms with Crippen LogP contribution >= 0.6 is 0 Å². The smallest absolute Gasteiger partial charge is 0.238 e. The van der Waals surface area contributed by atoms with Gasteiger partial charge >= 0.3 is 0 Å². The number of hydrogen-bond acceptors (Lipinski definition) is 4. The second-order valence-corrected chi connectivity index (χ2v) is 10.9. The summed E-state index contributed by atoms with van der Waals surface area (Å²) < 4.78 is 51.0. The van der Waals surface area contributed by atoms with Crippen LogP contribution < -0.4 is 5.32 Å². The number of nitrogens with one attached hydrogen (secondary N) is 1. The maximum atomic E-state index is 13.8. The zero-order chi connectivity index (χ0) is 19.9. The van der Waals surface area contributed by atoms with Gasteiger partial charge in [-0.25, -0.2) is 17.2 Å². The van der Waals surface area contributed by atoms with Gasteiger partial charge in [0.2, 0.25) is 5.91 Å². The largest absolute Gasteiger partial charge is 0.352 e. The van der Waals surface area contributed by atoms with Crippen molar-refractivity contribution < 1.29 is 22.0 Å². The van der Waals surface area contributed by atoms with Crippen molar-refractivity contribution in [2.24, 2.45) is 5.41 Å². The van der Waals surface area contributed by atoms with Crippen molar-refractivity contribution in [3.63, 3.8) is 0 Å². The molecule has 1 spiro atoms. The van der Waals surface area contributed by atoms with E-state index < -0.39 is 20.9 Å². The third-order valence-corrected chi connectivity index (χ3v) is 8.82. The molecule has 1 N–H and O–H groups in total. The summed E-state index contributed by atoms with van der Waals surface area (Å²) in [5.41, 5.74) is 0.566. The van der Waals surface area contributed by atoms with Gasteiger partial charge in [0.25, 0.3) is 0 Å². The fraction of sp³-hybridized carbons (Fsp3) is 0.650. The third-order valence-electron chi connectivity index (χ3n) is 6.64. The molecule has 0 radical (unpaired) electrons. The molecule has 0 bridgehead atoms. The first-order valence-corrected chi connectivity index (χ1v) is 11.7. The third kappa shape index (κ3) is 3.94. The number of rotatable bonds is 4. The topological polar surface area (TPSA) is 66.5 Å². The van der Waals surface area contributed by atoms with Crippen molar-refractivity contribution in [2.45, 2.75) is 56.4 Å². The van der Waals surface area contributed by atoms with Crippen LogP contribution in [0, 0.1) is 17.0 Å². The van der Waals surface area contributed by atoms with Gasteiger partial charge in [0.1, 0.15) is 16.9 Å². The average molecular weight is 413 g/mol. The Bertz CT molecular complexity index is 858. The van der Waals surface area contributed by atoms with Crippen molar-refractivity contribution in [3.05, 3.63) is 35.4 Å². The summed E-state index contributed by atoms with van der Waals surface area (Å²) in [4.78, 5) is 14.4. The molecular formula is C20H26F2N2O3S. The maximum Gasteiger partial charge on any atom is 0.238 e. The lowest BCUT2D eigenvalue weighted by molar-refractivity contribution is -0.123. The summed E-state index contributed by atoms with van der Waals surface area (Å²) in [7, 11) is -3.27. The van der Waals surface area contributed by atoms with Crippen molar-refractivity contribution in [2.75, 3.05) is 18.8 Å². The molecule has 4 rings (SSSR count). The molecule has 2 aliphatic heterocycles. The molecule has 1 aromatic rings. The predicted octanol–water partition coefficient (Wildman–Crippen LogP) is 2.40. The maximum absolute atomic E-state index is 13.8. The molecule has 2 heterocycles. The van der Waals surface area contributed by atoms with Gasteiger partial charge in [-0.1, -0.05) is 0 Å². The van der Waals surface area contributed by atoms with E-state index in [1.54, 1.807) is 0 Å². The molecule has 8 heteroatoms. The summed E-state index contributed by atoms with van der Waals surface area (Å²) >= 11 is 0. The second-order valence-electron chi connectivity index (χ2n) is 8.62. The highest BCUT2D eigenvalue weighted by Crippen LogP contribution is 2.49. The molecule has 1 amide bonds. The molecular weight excluding hydrogens is 386 g/mol. The molecule has 1 atom stereocenters. The molecule has 3 fully saturated rings. The second kappa shape index (κ2) is 7.37. The number of carbonyl (C=O) groups is 1. The number of likely N-dealkylation sites (tertiary alicyclic amines) is 1. The number of piperidine rings is 1. The number of carbonyl (C=O) groups excluding carboxylic acids is 1. The Labute approximate surface area is 164 Å². The van der Waals surface area contributed by atoms with Crippen LogP contribution in [0.5, 0.6) is 0 Å². The highest BCUT2D eigenvalue weighted by Gasteiger charge is 2.47. The molecule has 5 nitrogen and oxygen atoms in total. The van der Waals surface area contributed by atoms with Gasteiger partial charge in [-0.3, -0.25) is 9.69 Å². The van der Waals surface area contributed by atoms with Crippen LogP contribution in [0.1, 0.15) is 44.1 Å². The Morgan fingerprint density at radius 3 is 2.57 bits per heavy atom. The van der Waals surface area contributed by atoms with E-state index in [2.05, 4.69) is 10.2 Å². The van der Waals surface area contributed by atoms with Crippen LogP contribution in [0.25, 0.3) is 0 Å². The number of hydrogen-bond donors (Lipinski definition) is 1. The number of benzene rings is 1. The highest BCUT2D eigenvalue weighted by molar-refractivity contribution is 7.93. The van der Waals surface area contributed by atoms with Crippen LogP contribution in [0.3, 0.4) is 0 Å². The summed E-state index contributed by atoms with van der Waals surface area (Å²) in [6, 6.07) is 3.60. The molecule has 1 aliphatic carbocycles. The Balaban J connectivity index is 1.25. The van der Waals surface area contributed by atoms with E-state index >= 15 is 0 Å². The zero-order valence-electron chi connectivity index (χ0n) is 15.8. The van der Waals surface area contributed by atoms with Crippen LogP contribution in [0.2, 0.25) is 0 Å². The molecule has 28 heavy (non-hydrogen) atoms. The van der Waals surface area contributed by atoms with E-state index in [1.807, 2.05) is 0 Å². The van der Waals surface area contributed by atoms with Crippen LogP contribution in [0.4, 0.5) is 8.78 Å². The van der Waals surface area contributed by atoms with E-state index in [0.29, 0.717) is 24.9 Å². The summed E-state index contributed by atoms with van der Waals surface area (Å²) in [5, 5.41) is 2.06. The average Bonchev–Trinajstić information content (AvgIpc) is 2.97. The van der Waals surface area contributed by atoms with E-state index in [-0.39, 0.29) is 28.9 Å². The van der Waals surface area contributed by atoms with Crippen molar-refractivity contribution in [1.82, 2.24) is 10.2 Å². The van der Waals surface area contributed by atoms with Gasteiger partial charge in [-0.05, 0) is 75.2 Å². The normalized spacial score (nSPS) is 26.9. The minimum atomic E-state index is -3.27. The molecule has 154 valence electrons. The SMILES string of the molecule is O=C(NC1CC2(CCN(Cc3cc(F)ccc3F)CC2)C1)[C@H]1CCCS1(=O)=O. The molecule has 1 aromatic carbocycles. The van der Waals surface area contributed by atoms with Gasteiger partial charge in [-0.15, -0.1) is 0 Å². The molecule has 0 aromatic heterocycles. The number of sulfone groups is 1. The first-order valence-electron chi connectivity index (χ1n) is 9.95. The molecule has 1 saturated carbocycles. The minimum Gasteiger partial charge on any atom is -0.352 e. The van der Waals surface area contributed by atoms with Gasteiger partial charge in [0.05, 0.1) is 5.75 Å². The predicted molar refractivity (Wildman–Crippen MR) is 101 cm³/mol. The monoisotopic (exact) mass is 412 g/mol. The quantitative estimate of drug-likeness (QED) is 0.825. The summed E-state index contributed by atoms with van der Waals surface area (Å²) in [6.45, 7) is 2.03. The summed E-state index contributed by atoms with van der Waals surface area (Å²) in [6.07, 6.45) is 4.64. The Morgan fingerprint density at radius 2 is 1.93 bits per heavy atom. The zero-order valence-corrected chi connectivity index (χ0v) is 16.6. The molecule has 0 unspecified atom stereocenters. The van der Waals surface area contributed by atoms with E-state index in [1.165, 1.54) is 12.1 Å². The van der Waals surface area contributed by atoms with Crippen molar-refractivity contribution in [1.29, 1.82) is 0 Å². The number of halogens is 2. The minimum absolute atomic E-state index is 0.0514. The lowest BCUT2D eigenvalue weighted by Gasteiger charge is -2.52. The van der Waals surface area contributed by atoms with E-state index in [9.17, 15) is 22.0 Å². The first-order chi connectivity index (χ1) is 13.3. The fourth-order valence-electron chi connectivity index (χ4n) is 4.97. The molecule has 3 aliphatic rings. The number of amides is 1. The lowest BCUT2D eigenvalue weighted by Crippen LogP contribution is -2.56. The Kier molecular flexibility index (Phi) is 5.20. The van der Waals surface area contributed by atoms with Gasteiger partial charge in [0, 0.05) is 18.2 Å². The lowest BCUT2D eigenvalue weighted by atomic mass is 9.60. The fourth-order valence-corrected chi connectivity index (χ4v) is 6.74. The van der Waals surface area contributed by atoms with E-state index in [4.69, 9.17) is 0 Å². The first kappa shape index (κ1) is 19.8. The van der Waals surface area contributed by atoms with Crippen molar-refractivity contribution >= 4 is 15.7 Å². The van der Waals surface area contributed by atoms with Gasteiger partial charge in [0.15, 0.2) is 9.84 Å². The Hall–Kier alpha value is -1.54. The molecule has 2 saturated heterocycles. The number of nitrogens with zero attached hydrogens (tertiary/aromatic N) is 1. The standard InChI is InChI=1S/C20H26F2N2O3S/c21-15-3-4-17(22)14(10-15)13-24-7-5-20(6-8-24)11-16(12-20)23-19(25)18-2-1-9-28(18,26)27/h3-4,10,16,18H,1-2,5-9,11-13H2,(H,23,25)/t18-/m1/s1. The highest BCUT2D eigenvalue weighted by atomic mass is 32.2.